The van der Waals surface area contributed by atoms with Crippen LogP contribution in [0.2, 0.25) is 0 Å². The van der Waals surface area contributed by atoms with Crippen LogP contribution in [-0.2, 0) is 0 Å². The summed E-state index contributed by atoms with van der Waals surface area (Å²) in [4.78, 5) is -6.13. The van der Waals surface area contributed by atoms with Crippen molar-refractivity contribution < 1.29 is 70.2 Å². The Hall–Kier alpha value is -0.900. The van der Waals surface area contributed by atoms with Crippen molar-refractivity contribution in [2.24, 2.45) is 11.3 Å². The van der Waals surface area contributed by atoms with Crippen LogP contribution >= 0.6 is 15.9 Å². The molecule has 0 saturated heterocycles. The highest BCUT2D eigenvalue weighted by atomic mass is 79.9. The molecule has 2 saturated carbocycles. The van der Waals surface area contributed by atoms with Crippen molar-refractivity contribution >= 4 is 15.9 Å². The second kappa shape index (κ2) is 5.83. The van der Waals surface area contributed by atoms with Crippen molar-refractivity contribution in [1.82, 2.24) is 0 Å². The Morgan fingerprint density at radius 3 is 1.32 bits per heavy atom. The molecule has 0 spiro atoms. The van der Waals surface area contributed by atoms with E-state index in [0.717, 1.165) is 0 Å². The van der Waals surface area contributed by atoms with Crippen LogP contribution in [0.25, 0.3) is 0 Å². The third-order valence-corrected chi connectivity index (χ3v) is 4.81. The summed E-state index contributed by atoms with van der Waals surface area (Å²) in [6.45, 7) is 2.22. The predicted molar refractivity (Wildman–Crippen MR) is 60.8 cm³/mol. The third kappa shape index (κ3) is 2.27. The summed E-state index contributed by atoms with van der Waals surface area (Å²) < 4.78 is 204. The lowest BCUT2D eigenvalue weighted by Gasteiger charge is -2.75. The maximum Gasteiger partial charge on any atom is 0.429 e. The average Bonchev–Trinajstić information content (AvgIpc) is 2.38. The van der Waals surface area contributed by atoms with E-state index in [1.807, 2.05) is 0 Å². The van der Waals surface area contributed by atoms with Gasteiger partial charge in [-0.05, 0) is 22.5 Å². The standard InChI is InChI=1S/C9HBrF14.C2H2F2/c10-8(20,21)7(18,19)2-1(4(13,14)6(2,16)17)3(11,12)5(2,15)9(22,23)24;1-2(3)4/h1H;1H2. The van der Waals surface area contributed by atoms with Gasteiger partial charge in [0.05, 0.1) is 0 Å². The van der Waals surface area contributed by atoms with Crippen molar-refractivity contribution in [3.63, 3.8) is 0 Å². The van der Waals surface area contributed by atoms with E-state index in [1.54, 1.807) is 0 Å². The van der Waals surface area contributed by atoms with Crippen LogP contribution in [0, 0.1) is 11.3 Å². The van der Waals surface area contributed by atoms with Crippen LogP contribution in [-0.4, -0.2) is 40.4 Å². The molecule has 28 heavy (non-hydrogen) atoms. The van der Waals surface area contributed by atoms with Crippen LogP contribution in [0.3, 0.4) is 0 Å². The number of fused-ring (bicyclic) bond motifs is 1. The Morgan fingerprint density at radius 2 is 1.07 bits per heavy atom. The Labute approximate surface area is 151 Å². The molecule has 3 unspecified atom stereocenters. The molecule has 17 heteroatoms. The van der Waals surface area contributed by atoms with Gasteiger partial charge in [-0.25, -0.2) is 13.2 Å². The predicted octanol–water partition coefficient (Wildman–Crippen LogP) is 6.81. The van der Waals surface area contributed by atoms with Gasteiger partial charge in [0.1, 0.15) is 5.92 Å². The number of hydrogen-bond acceptors (Lipinski definition) is 0. The van der Waals surface area contributed by atoms with E-state index in [1.165, 1.54) is 0 Å². The van der Waals surface area contributed by atoms with Crippen molar-refractivity contribution in [1.29, 1.82) is 0 Å². The van der Waals surface area contributed by atoms with Gasteiger partial charge < -0.3 is 0 Å². The van der Waals surface area contributed by atoms with Gasteiger partial charge >= 0.3 is 34.7 Å². The molecule has 0 heterocycles. The van der Waals surface area contributed by atoms with Gasteiger partial charge in [0.2, 0.25) is 0 Å². The maximum atomic E-state index is 13.9. The van der Waals surface area contributed by atoms with Crippen molar-refractivity contribution in [3.8, 4) is 0 Å². The first-order chi connectivity index (χ1) is 11.8. The van der Waals surface area contributed by atoms with Gasteiger partial charge in [-0.15, -0.1) is 0 Å². The van der Waals surface area contributed by atoms with Crippen molar-refractivity contribution in [2.75, 3.05) is 0 Å². The lowest BCUT2D eigenvalue weighted by Crippen LogP contribution is -3.02. The zero-order valence-electron chi connectivity index (χ0n) is 12.2. The normalized spacial score (nSPS) is 35.5. The monoisotopic (exact) mass is 518 g/mol. The van der Waals surface area contributed by atoms with E-state index in [9.17, 15) is 70.2 Å². The topological polar surface area (TPSA) is 0 Å². The largest absolute Gasteiger partial charge is 0.429 e. The fourth-order valence-corrected chi connectivity index (χ4v) is 3.66. The first kappa shape index (κ1) is 25.1. The molecule has 0 aliphatic heterocycles. The lowest BCUT2D eigenvalue weighted by atomic mass is 9.32. The maximum absolute atomic E-state index is 13.9. The van der Waals surface area contributed by atoms with E-state index >= 15 is 0 Å². The zero-order chi connectivity index (χ0) is 23.2. The van der Waals surface area contributed by atoms with Gasteiger partial charge in [-0.3, -0.25) is 0 Å². The van der Waals surface area contributed by atoms with E-state index in [0.29, 0.717) is 15.9 Å². The highest BCUT2D eigenvalue weighted by Crippen LogP contribution is 2.91. The number of hydrogen-bond donors (Lipinski definition) is 0. The molecule has 0 N–H and O–H groups in total. The molecular formula is C11H3BrF16. The van der Waals surface area contributed by atoms with Crippen LogP contribution in [0.15, 0.2) is 12.7 Å². The average molecular weight is 519 g/mol. The highest BCUT2D eigenvalue weighted by molar-refractivity contribution is 9.10. The number of halogens is 17. The number of alkyl halides is 15. The van der Waals surface area contributed by atoms with Crippen LogP contribution in [0.5, 0.6) is 0 Å². The first-order valence-corrected chi connectivity index (χ1v) is 6.98. The second-order valence-corrected chi connectivity index (χ2v) is 6.62. The summed E-state index contributed by atoms with van der Waals surface area (Å²) in [6.07, 6.45) is -9.12. The van der Waals surface area contributed by atoms with E-state index in [2.05, 4.69) is 6.58 Å². The zero-order valence-corrected chi connectivity index (χ0v) is 13.8. The molecule has 0 aromatic carbocycles. The summed E-state index contributed by atoms with van der Waals surface area (Å²) in [7, 11) is 0. The Bertz CT molecular complexity index is 654. The second-order valence-electron chi connectivity index (χ2n) is 5.63. The molecule has 0 aromatic rings. The summed E-state index contributed by atoms with van der Waals surface area (Å²) in [5.41, 5.74) is -13.4. The van der Waals surface area contributed by atoms with Gasteiger partial charge in [-0.1, -0.05) is 0 Å². The minimum absolute atomic E-state index is 0.677. The first-order valence-electron chi connectivity index (χ1n) is 6.18. The minimum Gasteiger partial charge on any atom is -0.226 e. The molecule has 2 rings (SSSR count). The van der Waals surface area contributed by atoms with Crippen LogP contribution in [0.1, 0.15) is 0 Å². The Kier molecular flexibility index (Phi) is 5.24. The van der Waals surface area contributed by atoms with Gasteiger partial charge in [-0.2, -0.15) is 57.1 Å². The Morgan fingerprint density at radius 1 is 0.750 bits per heavy atom. The molecule has 2 fully saturated rings. The summed E-state index contributed by atoms with van der Waals surface area (Å²) in [5.74, 6) is -31.6. The fraction of sp³-hybridized carbons (Fsp3) is 0.818. The smallest absolute Gasteiger partial charge is 0.226 e. The summed E-state index contributed by atoms with van der Waals surface area (Å²) in [6, 6.07) is 0. The Balaban J connectivity index is 0.000000892. The van der Waals surface area contributed by atoms with Gasteiger partial charge in [0, 0.05) is 0 Å². The summed E-state index contributed by atoms with van der Waals surface area (Å²) in [5, 5.41) is 0. The van der Waals surface area contributed by atoms with E-state index in [-0.39, 0.29) is 0 Å². The lowest BCUT2D eigenvalue weighted by molar-refractivity contribution is -0.608. The number of rotatable bonds is 2. The molecule has 0 aromatic heterocycles. The molecular weight excluding hydrogens is 516 g/mol. The SMILES string of the molecule is C=C(F)F.FC(F)(F)C1(F)C(F)(F)C2C(F)(F)C(F)(F)C21C(F)(F)C(F)(F)Br. The van der Waals surface area contributed by atoms with Crippen molar-refractivity contribution in [2.45, 2.75) is 40.4 Å². The quantitative estimate of drug-likeness (QED) is 0.278. The molecule has 3 atom stereocenters. The molecule has 0 bridgehead atoms. The van der Waals surface area contributed by atoms with Gasteiger partial charge in [0.15, 0.2) is 5.41 Å². The minimum atomic E-state index is -7.28. The van der Waals surface area contributed by atoms with Gasteiger partial charge in [0.25, 0.3) is 11.7 Å². The molecule has 2 aliphatic rings. The van der Waals surface area contributed by atoms with Crippen LogP contribution in [0.4, 0.5) is 70.2 Å². The third-order valence-electron chi connectivity index (χ3n) is 4.32. The van der Waals surface area contributed by atoms with Crippen LogP contribution < -0.4 is 0 Å². The fourth-order valence-electron chi connectivity index (χ4n) is 3.35. The van der Waals surface area contributed by atoms with E-state index < -0.39 is 57.8 Å². The molecule has 2 aliphatic carbocycles. The molecule has 0 nitrogen and oxygen atoms in total. The molecule has 0 radical (unpaired) electrons. The van der Waals surface area contributed by atoms with Crippen molar-refractivity contribution in [3.05, 3.63) is 12.7 Å². The molecule has 166 valence electrons. The molecule has 0 amide bonds. The van der Waals surface area contributed by atoms with E-state index in [4.69, 9.17) is 0 Å². The highest BCUT2D eigenvalue weighted by Gasteiger charge is 3.17. The summed E-state index contributed by atoms with van der Waals surface area (Å²) >= 11 is 0.677.